The molecule has 0 atom stereocenters. The van der Waals surface area contributed by atoms with Crippen molar-refractivity contribution < 1.29 is 13.2 Å². The second-order valence-corrected chi connectivity index (χ2v) is 8.73. The smallest absolute Gasteiger partial charge is 0.264 e. The summed E-state index contributed by atoms with van der Waals surface area (Å²) >= 11 is 5.94. The van der Waals surface area contributed by atoms with Gasteiger partial charge in [0.15, 0.2) is 0 Å². The topological polar surface area (TPSA) is 79.4 Å². The average molecular weight is 430 g/mol. The van der Waals surface area contributed by atoms with Crippen LogP contribution in [0.25, 0.3) is 0 Å². The van der Waals surface area contributed by atoms with Crippen molar-refractivity contribution in [2.24, 2.45) is 0 Å². The quantitative estimate of drug-likeness (QED) is 0.622. The molecule has 0 aliphatic rings. The van der Waals surface area contributed by atoms with Gasteiger partial charge in [0, 0.05) is 24.0 Å². The molecule has 1 aromatic heterocycles. The van der Waals surface area contributed by atoms with Gasteiger partial charge in [-0.15, -0.1) is 0 Å². The Hall–Kier alpha value is -2.90. The van der Waals surface area contributed by atoms with Crippen LogP contribution in [0.2, 0.25) is 5.02 Å². The molecule has 6 nitrogen and oxygen atoms in total. The number of nitrogens with one attached hydrogen (secondary N) is 1. The number of sulfonamides is 1. The standard InChI is InChI=1S/C21H20ClN3O3S/c1-16-2-8-20(9-3-16)29(27,28)25(19-6-4-18(22)5-7-19)15-21(26)24-14-17-10-12-23-13-11-17/h2-13H,14-15H2,1H3,(H,24,26). The van der Waals surface area contributed by atoms with Crippen molar-refractivity contribution >= 4 is 33.2 Å². The van der Waals surface area contributed by atoms with Crippen LogP contribution >= 0.6 is 11.6 Å². The monoisotopic (exact) mass is 429 g/mol. The fourth-order valence-corrected chi connectivity index (χ4v) is 4.19. The number of carbonyl (C=O) groups excluding carboxylic acids is 1. The molecule has 3 aromatic rings. The highest BCUT2D eigenvalue weighted by Gasteiger charge is 2.27. The van der Waals surface area contributed by atoms with Gasteiger partial charge in [0.05, 0.1) is 10.6 Å². The van der Waals surface area contributed by atoms with Gasteiger partial charge in [-0.2, -0.15) is 0 Å². The average Bonchev–Trinajstić information content (AvgIpc) is 2.72. The molecule has 0 saturated heterocycles. The van der Waals surface area contributed by atoms with E-state index in [0.29, 0.717) is 10.7 Å². The van der Waals surface area contributed by atoms with Gasteiger partial charge in [0.2, 0.25) is 5.91 Å². The summed E-state index contributed by atoms with van der Waals surface area (Å²) in [5.74, 6) is -0.424. The number of aromatic nitrogens is 1. The zero-order valence-corrected chi connectivity index (χ0v) is 17.3. The number of carbonyl (C=O) groups is 1. The Morgan fingerprint density at radius 2 is 1.62 bits per heavy atom. The van der Waals surface area contributed by atoms with Crippen molar-refractivity contribution in [3.8, 4) is 0 Å². The summed E-state index contributed by atoms with van der Waals surface area (Å²) in [5.41, 5.74) is 2.17. The number of hydrogen-bond donors (Lipinski definition) is 1. The molecule has 0 unspecified atom stereocenters. The minimum atomic E-state index is -3.94. The van der Waals surface area contributed by atoms with E-state index in [1.807, 2.05) is 6.92 Å². The van der Waals surface area contributed by atoms with Crippen molar-refractivity contribution in [3.05, 3.63) is 89.2 Å². The number of rotatable bonds is 7. The predicted octanol–water partition coefficient (Wildman–Crippen LogP) is 3.56. The number of amides is 1. The number of aryl methyl sites for hydroxylation is 1. The first-order chi connectivity index (χ1) is 13.9. The lowest BCUT2D eigenvalue weighted by atomic mass is 10.2. The molecule has 1 heterocycles. The summed E-state index contributed by atoms with van der Waals surface area (Å²) in [4.78, 5) is 16.6. The Balaban J connectivity index is 1.86. The number of nitrogens with zero attached hydrogens (tertiary/aromatic N) is 2. The van der Waals surface area contributed by atoms with Crippen LogP contribution in [0.1, 0.15) is 11.1 Å². The van der Waals surface area contributed by atoms with E-state index in [0.717, 1.165) is 15.4 Å². The fourth-order valence-electron chi connectivity index (χ4n) is 2.65. The van der Waals surface area contributed by atoms with Gasteiger partial charge in [-0.05, 0) is 61.0 Å². The van der Waals surface area contributed by atoms with Crippen molar-refractivity contribution in [2.75, 3.05) is 10.8 Å². The lowest BCUT2D eigenvalue weighted by molar-refractivity contribution is -0.119. The number of benzene rings is 2. The van der Waals surface area contributed by atoms with Crippen LogP contribution in [0.4, 0.5) is 5.69 Å². The van der Waals surface area contributed by atoms with Crippen LogP contribution in [-0.4, -0.2) is 25.9 Å². The minimum Gasteiger partial charge on any atom is -0.350 e. The maximum Gasteiger partial charge on any atom is 0.264 e. The largest absolute Gasteiger partial charge is 0.350 e. The molecule has 3 rings (SSSR count). The maximum atomic E-state index is 13.2. The third-order valence-electron chi connectivity index (χ3n) is 4.25. The number of halogens is 1. The summed E-state index contributed by atoms with van der Waals surface area (Å²) in [6.07, 6.45) is 3.26. The van der Waals surface area contributed by atoms with Crippen LogP contribution in [0, 0.1) is 6.92 Å². The second-order valence-electron chi connectivity index (χ2n) is 6.43. The normalized spacial score (nSPS) is 11.1. The molecule has 150 valence electrons. The molecule has 0 radical (unpaired) electrons. The second kappa shape index (κ2) is 9.07. The molecule has 0 bridgehead atoms. The molecule has 29 heavy (non-hydrogen) atoms. The Morgan fingerprint density at radius 1 is 1.00 bits per heavy atom. The fraction of sp³-hybridized carbons (Fsp3) is 0.143. The third-order valence-corrected chi connectivity index (χ3v) is 6.29. The first-order valence-corrected chi connectivity index (χ1v) is 10.7. The van der Waals surface area contributed by atoms with E-state index in [-0.39, 0.29) is 18.0 Å². The Kier molecular flexibility index (Phi) is 6.51. The minimum absolute atomic E-state index is 0.111. The van der Waals surface area contributed by atoms with Crippen molar-refractivity contribution in [1.29, 1.82) is 0 Å². The third kappa shape index (κ3) is 5.34. The van der Waals surface area contributed by atoms with E-state index in [4.69, 9.17) is 11.6 Å². The first-order valence-electron chi connectivity index (χ1n) is 8.87. The zero-order chi connectivity index (χ0) is 20.9. The van der Waals surface area contributed by atoms with Crippen LogP contribution in [-0.2, 0) is 21.4 Å². The van der Waals surface area contributed by atoms with Gasteiger partial charge < -0.3 is 5.32 Å². The summed E-state index contributed by atoms with van der Waals surface area (Å²) in [6, 6.07) is 16.4. The summed E-state index contributed by atoms with van der Waals surface area (Å²) in [5, 5.41) is 3.22. The highest BCUT2D eigenvalue weighted by atomic mass is 35.5. The van der Waals surface area contributed by atoms with Gasteiger partial charge in [-0.25, -0.2) is 8.42 Å². The Labute approximate surface area is 175 Å². The summed E-state index contributed by atoms with van der Waals surface area (Å²) in [7, 11) is -3.94. The van der Waals surface area contributed by atoms with Gasteiger partial charge >= 0.3 is 0 Å². The van der Waals surface area contributed by atoms with E-state index in [1.165, 1.54) is 12.1 Å². The number of pyridine rings is 1. The predicted molar refractivity (Wildman–Crippen MR) is 113 cm³/mol. The summed E-state index contributed by atoms with van der Waals surface area (Å²) in [6.45, 7) is 1.79. The molecular formula is C21H20ClN3O3S. The lowest BCUT2D eigenvalue weighted by Gasteiger charge is -2.24. The van der Waals surface area contributed by atoms with Crippen molar-refractivity contribution in [1.82, 2.24) is 10.3 Å². The molecule has 0 saturated carbocycles. The molecule has 0 aliphatic heterocycles. The molecular weight excluding hydrogens is 410 g/mol. The highest BCUT2D eigenvalue weighted by Crippen LogP contribution is 2.25. The molecule has 1 amide bonds. The van der Waals surface area contributed by atoms with Crippen molar-refractivity contribution in [3.63, 3.8) is 0 Å². The van der Waals surface area contributed by atoms with Crippen LogP contribution < -0.4 is 9.62 Å². The molecule has 1 N–H and O–H groups in total. The van der Waals surface area contributed by atoms with Gasteiger partial charge in [-0.1, -0.05) is 29.3 Å². The SMILES string of the molecule is Cc1ccc(S(=O)(=O)N(CC(=O)NCc2ccncc2)c2ccc(Cl)cc2)cc1. The van der Waals surface area contributed by atoms with Gasteiger partial charge in [0.1, 0.15) is 6.54 Å². The van der Waals surface area contributed by atoms with E-state index in [1.54, 1.807) is 60.9 Å². The molecule has 2 aromatic carbocycles. The van der Waals surface area contributed by atoms with E-state index >= 15 is 0 Å². The maximum absolute atomic E-state index is 13.2. The van der Waals surface area contributed by atoms with Crippen LogP contribution in [0.5, 0.6) is 0 Å². The molecule has 8 heteroatoms. The Morgan fingerprint density at radius 3 is 2.24 bits per heavy atom. The van der Waals surface area contributed by atoms with Crippen molar-refractivity contribution in [2.45, 2.75) is 18.4 Å². The van der Waals surface area contributed by atoms with E-state index in [9.17, 15) is 13.2 Å². The lowest BCUT2D eigenvalue weighted by Crippen LogP contribution is -2.40. The van der Waals surface area contributed by atoms with Gasteiger partial charge in [-0.3, -0.25) is 14.1 Å². The van der Waals surface area contributed by atoms with Crippen LogP contribution in [0.3, 0.4) is 0 Å². The molecule has 0 fully saturated rings. The number of anilines is 1. The van der Waals surface area contributed by atoms with Crippen LogP contribution in [0.15, 0.2) is 78.0 Å². The highest BCUT2D eigenvalue weighted by molar-refractivity contribution is 7.92. The molecule has 0 aliphatic carbocycles. The van der Waals surface area contributed by atoms with E-state index in [2.05, 4.69) is 10.3 Å². The Bertz CT molecular complexity index is 1070. The number of hydrogen-bond acceptors (Lipinski definition) is 4. The molecule has 0 spiro atoms. The first kappa shape index (κ1) is 20.8. The van der Waals surface area contributed by atoms with Gasteiger partial charge in [0.25, 0.3) is 10.0 Å². The summed E-state index contributed by atoms with van der Waals surface area (Å²) < 4.78 is 27.6. The van der Waals surface area contributed by atoms with E-state index < -0.39 is 15.9 Å². The zero-order valence-electron chi connectivity index (χ0n) is 15.7.